The molecule has 0 radical (unpaired) electrons. The third-order valence-electron chi connectivity index (χ3n) is 3.78. The molecule has 4 nitrogen and oxygen atoms in total. The van der Waals surface area contributed by atoms with Gasteiger partial charge in [0.25, 0.3) is 0 Å². The Morgan fingerprint density at radius 1 is 0.962 bits per heavy atom. The van der Waals surface area contributed by atoms with Crippen LogP contribution in [0.15, 0.2) is 52.9 Å². The highest BCUT2D eigenvalue weighted by molar-refractivity contribution is 8.01. The van der Waals surface area contributed by atoms with Crippen LogP contribution < -0.4 is 9.47 Å². The third-order valence-corrected chi connectivity index (χ3v) is 6.07. The van der Waals surface area contributed by atoms with Gasteiger partial charge in [-0.15, -0.1) is 11.3 Å². The number of methoxy groups -OCH3 is 2. The molecule has 6 heteroatoms. The van der Waals surface area contributed by atoms with E-state index in [-0.39, 0.29) is 0 Å². The van der Waals surface area contributed by atoms with Crippen molar-refractivity contribution in [2.75, 3.05) is 20.0 Å². The molecule has 3 rings (SSSR count). The van der Waals surface area contributed by atoms with Crippen LogP contribution in [0.2, 0.25) is 0 Å². The SMILES string of the molecule is COc1ccc(-c2nc(SCCC=O)sc2-c2ccc(OC)cc2)cc1. The molecular weight excluding hydrogens is 366 g/mol. The number of hydrogen-bond donors (Lipinski definition) is 0. The highest BCUT2D eigenvalue weighted by Gasteiger charge is 2.15. The van der Waals surface area contributed by atoms with E-state index in [9.17, 15) is 4.79 Å². The first-order chi connectivity index (χ1) is 12.7. The number of rotatable bonds is 8. The summed E-state index contributed by atoms with van der Waals surface area (Å²) in [5.41, 5.74) is 3.07. The first-order valence-electron chi connectivity index (χ1n) is 8.11. The van der Waals surface area contributed by atoms with Crippen molar-refractivity contribution in [3.8, 4) is 33.2 Å². The van der Waals surface area contributed by atoms with Gasteiger partial charge in [-0.2, -0.15) is 0 Å². The molecule has 0 fully saturated rings. The molecule has 0 saturated carbocycles. The van der Waals surface area contributed by atoms with Crippen LogP contribution in [0.25, 0.3) is 21.7 Å². The van der Waals surface area contributed by atoms with Crippen molar-refractivity contribution in [3.05, 3.63) is 48.5 Å². The van der Waals surface area contributed by atoms with Crippen molar-refractivity contribution in [1.29, 1.82) is 0 Å². The summed E-state index contributed by atoms with van der Waals surface area (Å²) in [7, 11) is 3.31. The summed E-state index contributed by atoms with van der Waals surface area (Å²) >= 11 is 3.26. The van der Waals surface area contributed by atoms with E-state index >= 15 is 0 Å². The Hall–Kier alpha value is -2.31. The van der Waals surface area contributed by atoms with Crippen LogP contribution in [0.1, 0.15) is 6.42 Å². The zero-order chi connectivity index (χ0) is 18.4. The highest BCUT2D eigenvalue weighted by atomic mass is 32.2. The van der Waals surface area contributed by atoms with E-state index in [1.165, 1.54) is 0 Å². The van der Waals surface area contributed by atoms with Crippen LogP contribution in [0.3, 0.4) is 0 Å². The van der Waals surface area contributed by atoms with Crippen LogP contribution in [-0.4, -0.2) is 31.2 Å². The van der Waals surface area contributed by atoms with E-state index in [1.807, 2.05) is 48.5 Å². The standard InChI is InChI=1S/C20H19NO3S2/c1-23-16-8-4-14(5-9-16)18-19(15-6-10-17(24-2)11-7-15)26-20(21-18)25-13-3-12-22/h4-12H,3,13H2,1-2H3. The number of benzene rings is 2. The predicted octanol–water partition coefficient (Wildman–Crippen LogP) is 5.18. The Kier molecular flexibility index (Phi) is 6.30. The van der Waals surface area contributed by atoms with Crippen molar-refractivity contribution in [1.82, 2.24) is 4.98 Å². The maximum absolute atomic E-state index is 10.6. The minimum Gasteiger partial charge on any atom is -0.497 e. The molecule has 0 aliphatic heterocycles. The van der Waals surface area contributed by atoms with Crippen LogP contribution in [0, 0.1) is 0 Å². The fourth-order valence-electron chi connectivity index (χ4n) is 2.44. The summed E-state index contributed by atoms with van der Waals surface area (Å²) < 4.78 is 11.5. The number of ether oxygens (including phenoxy) is 2. The molecule has 2 aromatic carbocycles. The van der Waals surface area contributed by atoms with E-state index < -0.39 is 0 Å². The number of carbonyl (C=O) groups is 1. The van der Waals surface area contributed by atoms with Gasteiger partial charge in [-0.05, 0) is 54.1 Å². The van der Waals surface area contributed by atoms with Gasteiger partial charge >= 0.3 is 0 Å². The second kappa shape index (κ2) is 8.87. The maximum atomic E-state index is 10.6. The molecule has 0 unspecified atom stereocenters. The number of carbonyl (C=O) groups excluding carboxylic acids is 1. The second-order valence-corrected chi connectivity index (χ2v) is 7.76. The Bertz CT molecular complexity index is 793. The lowest BCUT2D eigenvalue weighted by Gasteiger charge is -2.05. The molecule has 0 aliphatic carbocycles. The smallest absolute Gasteiger partial charge is 0.151 e. The Morgan fingerprint density at radius 3 is 2.08 bits per heavy atom. The topological polar surface area (TPSA) is 48.4 Å². The zero-order valence-electron chi connectivity index (χ0n) is 14.6. The average molecular weight is 386 g/mol. The molecule has 0 saturated heterocycles. The van der Waals surface area contributed by atoms with Gasteiger partial charge in [0.15, 0.2) is 4.34 Å². The summed E-state index contributed by atoms with van der Waals surface area (Å²) in [6, 6.07) is 15.9. The largest absolute Gasteiger partial charge is 0.497 e. The zero-order valence-corrected chi connectivity index (χ0v) is 16.2. The van der Waals surface area contributed by atoms with Crippen LogP contribution in [-0.2, 0) is 4.79 Å². The Labute approximate surface area is 161 Å². The maximum Gasteiger partial charge on any atom is 0.151 e. The van der Waals surface area contributed by atoms with E-state index in [2.05, 4.69) is 0 Å². The quantitative estimate of drug-likeness (QED) is 0.304. The third kappa shape index (κ3) is 4.26. The summed E-state index contributed by atoms with van der Waals surface area (Å²) in [5.74, 6) is 2.38. The molecule has 3 aromatic rings. The van der Waals surface area contributed by atoms with E-state index in [4.69, 9.17) is 14.5 Å². The fourth-order valence-corrected chi connectivity index (χ4v) is 4.55. The molecule has 134 valence electrons. The second-order valence-electron chi connectivity index (χ2n) is 5.42. The van der Waals surface area contributed by atoms with Crippen molar-refractivity contribution in [2.45, 2.75) is 10.8 Å². The first kappa shape index (κ1) is 18.5. The van der Waals surface area contributed by atoms with Crippen molar-refractivity contribution < 1.29 is 14.3 Å². The minimum atomic E-state index is 0.528. The molecular formula is C20H19NO3S2. The van der Waals surface area contributed by atoms with E-state index in [0.29, 0.717) is 6.42 Å². The average Bonchev–Trinajstić information content (AvgIpc) is 3.12. The molecule has 0 atom stereocenters. The number of aldehydes is 1. The van der Waals surface area contributed by atoms with Gasteiger partial charge in [0.1, 0.15) is 17.8 Å². The first-order valence-corrected chi connectivity index (χ1v) is 9.91. The van der Waals surface area contributed by atoms with E-state index in [1.54, 1.807) is 37.3 Å². The normalized spacial score (nSPS) is 10.5. The summed E-state index contributed by atoms with van der Waals surface area (Å²) in [5, 5.41) is 0. The lowest BCUT2D eigenvalue weighted by Crippen LogP contribution is -1.86. The molecule has 26 heavy (non-hydrogen) atoms. The predicted molar refractivity (Wildman–Crippen MR) is 107 cm³/mol. The van der Waals surface area contributed by atoms with Gasteiger partial charge in [0, 0.05) is 17.7 Å². The van der Waals surface area contributed by atoms with Crippen molar-refractivity contribution in [3.63, 3.8) is 0 Å². The molecule has 0 aliphatic rings. The molecule has 0 spiro atoms. The van der Waals surface area contributed by atoms with Crippen molar-refractivity contribution >= 4 is 29.4 Å². The fraction of sp³-hybridized carbons (Fsp3) is 0.200. The van der Waals surface area contributed by atoms with Gasteiger partial charge < -0.3 is 14.3 Å². The van der Waals surface area contributed by atoms with E-state index in [0.717, 1.165) is 49.6 Å². The van der Waals surface area contributed by atoms with Gasteiger partial charge in [0.05, 0.1) is 24.8 Å². The summed E-state index contributed by atoms with van der Waals surface area (Å²) in [6.07, 6.45) is 1.47. The van der Waals surface area contributed by atoms with Gasteiger partial charge in [-0.3, -0.25) is 0 Å². The number of aromatic nitrogens is 1. The summed E-state index contributed by atoms with van der Waals surface area (Å²) in [4.78, 5) is 16.5. The van der Waals surface area contributed by atoms with Crippen molar-refractivity contribution in [2.24, 2.45) is 0 Å². The number of thioether (sulfide) groups is 1. The van der Waals surface area contributed by atoms with Crippen LogP contribution in [0.4, 0.5) is 0 Å². The molecule has 0 bridgehead atoms. The molecule has 0 amide bonds. The summed E-state index contributed by atoms with van der Waals surface area (Å²) in [6.45, 7) is 0. The Morgan fingerprint density at radius 2 is 1.54 bits per heavy atom. The van der Waals surface area contributed by atoms with Gasteiger partial charge in [-0.1, -0.05) is 11.8 Å². The highest BCUT2D eigenvalue weighted by Crippen LogP contribution is 2.41. The monoisotopic (exact) mass is 385 g/mol. The molecule has 1 heterocycles. The van der Waals surface area contributed by atoms with Gasteiger partial charge in [0.2, 0.25) is 0 Å². The van der Waals surface area contributed by atoms with Gasteiger partial charge in [-0.25, -0.2) is 4.98 Å². The lowest BCUT2D eigenvalue weighted by molar-refractivity contribution is -0.107. The molecule has 1 aromatic heterocycles. The Balaban J connectivity index is 1.99. The number of thiazole rings is 1. The lowest BCUT2D eigenvalue weighted by atomic mass is 10.1. The number of nitrogens with zero attached hydrogens (tertiary/aromatic N) is 1. The van der Waals surface area contributed by atoms with Crippen LogP contribution in [0.5, 0.6) is 11.5 Å². The molecule has 0 N–H and O–H groups in total. The number of hydrogen-bond acceptors (Lipinski definition) is 6. The minimum absolute atomic E-state index is 0.528. The van der Waals surface area contributed by atoms with Crippen LogP contribution >= 0.6 is 23.1 Å².